The summed E-state index contributed by atoms with van der Waals surface area (Å²) < 4.78 is 3.61. The van der Waals surface area contributed by atoms with E-state index in [2.05, 4.69) is 100 Å². The first-order valence-corrected chi connectivity index (χ1v) is 10.8. The maximum Gasteiger partial charge on any atom is 0.0764 e. The highest BCUT2D eigenvalue weighted by Crippen LogP contribution is 2.39. The van der Waals surface area contributed by atoms with E-state index in [1.54, 1.807) is 0 Å². The van der Waals surface area contributed by atoms with Gasteiger partial charge in [0.05, 0.1) is 11.4 Å². The summed E-state index contributed by atoms with van der Waals surface area (Å²) in [5.74, 6) is 0. The van der Waals surface area contributed by atoms with Gasteiger partial charge in [0.15, 0.2) is 0 Å². The van der Waals surface area contributed by atoms with E-state index in [0.29, 0.717) is 0 Å². The van der Waals surface area contributed by atoms with E-state index in [-0.39, 0.29) is 0 Å². The molecular formula is C24H29IN2. The SMILES string of the molecule is CCC1=C(C)/C(=C(\c2ccc(I)cc2)c2c(C)c(CC)c(C)n2C)N=C1C. The predicted molar refractivity (Wildman–Crippen MR) is 126 cm³/mol. The van der Waals surface area contributed by atoms with Gasteiger partial charge in [0.1, 0.15) is 0 Å². The first-order chi connectivity index (χ1) is 12.8. The Morgan fingerprint density at radius 1 is 1.00 bits per heavy atom. The molecule has 27 heavy (non-hydrogen) atoms. The number of aliphatic imine (C=N–C) groups is 1. The molecule has 142 valence electrons. The minimum atomic E-state index is 1.02. The van der Waals surface area contributed by atoms with Gasteiger partial charge in [0.2, 0.25) is 0 Å². The van der Waals surface area contributed by atoms with Gasteiger partial charge in [-0.1, -0.05) is 26.0 Å². The van der Waals surface area contributed by atoms with Crippen molar-refractivity contribution in [2.75, 3.05) is 0 Å². The number of nitrogens with zero attached hydrogens (tertiary/aromatic N) is 2. The smallest absolute Gasteiger partial charge is 0.0764 e. The Kier molecular flexibility index (Phi) is 5.80. The molecule has 0 bridgehead atoms. The fraction of sp³-hybridized carbons (Fsp3) is 0.375. The monoisotopic (exact) mass is 472 g/mol. The van der Waals surface area contributed by atoms with Crippen LogP contribution in [-0.2, 0) is 13.5 Å². The van der Waals surface area contributed by atoms with Gasteiger partial charge in [-0.3, -0.25) is 4.99 Å². The lowest BCUT2D eigenvalue weighted by Crippen LogP contribution is -2.03. The highest BCUT2D eigenvalue weighted by Gasteiger charge is 2.26. The molecule has 0 atom stereocenters. The van der Waals surface area contributed by atoms with E-state index in [4.69, 9.17) is 4.99 Å². The lowest BCUT2D eigenvalue weighted by molar-refractivity contribution is 0.854. The molecule has 0 radical (unpaired) electrons. The van der Waals surface area contributed by atoms with Crippen LogP contribution in [0, 0.1) is 17.4 Å². The van der Waals surface area contributed by atoms with Gasteiger partial charge < -0.3 is 4.57 Å². The second-order valence-corrected chi connectivity index (χ2v) is 8.58. The first kappa shape index (κ1) is 20.1. The fourth-order valence-corrected chi connectivity index (χ4v) is 4.77. The average molecular weight is 472 g/mol. The lowest BCUT2D eigenvalue weighted by Gasteiger charge is -2.16. The van der Waals surface area contributed by atoms with Crippen molar-refractivity contribution in [1.29, 1.82) is 0 Å². The van der Waals surface area contributed by atoms with Crippen LogP contribution in [0.3, 0.4) is 0 Å². The fourth-order valence-electron chi connectivity index (χ4n) is 4.41. The highest BCUT2D eigenvalue weighted by atomic mass is 127. The van der Waals surface area contributed by atoms with E-state index in [9.17, 15) is 0 Å². The summed E-state index contributed by atoms with van der Waals surface area (Å²) in [4.78, 5) is 5.05. The van der Waals surface area contributed by atoms with Crippen molar-refractivity contribution in [3.63, 3.8) is 0 Å². The van der Waals surface area contributed by atoms with Crippen LogP contribution in [0.4, 0.5) is 0 Å². The standard InChI is InChI=1S/C24H29IN2/c1-8-20-14(3)23(26-16(20)5)22(18-10-12-19(25)13-11-18)24-15(4)21(9-2)17(6)27(24)7/h10-13H,8-9H2,1-7H3/b23-22-. The van der Waals surface area contributed by atoms with Crippen LogP contribution < -0.4 is 0 Å². The second-order valence-electron chi connectivity index (χ2n) is 7.33. The van der Waals surface area contributed by atoms with Gasteiger partial charge in [-0.2, -0.15) is 0 Å². The lowest BCUT2D eigenvalue weighted by atomic mass is 9.93. The number of hydrogen-bond acceptors (Lipinski definition) is 1. The molecule has 2 aromatic rings. The third kappa shape index (κ3) is 3.35. The Morgan fingerprint density at radius 3 is 2.11 bits per heavy atom. The van der Waals surface area contributed by atoms with E-state index < -0.39 is 0 Å². The van der Waals surface area contributed by atoms with Crippen molar-refractivity contribution in [2.45, 2.75) is 54.4 Å². The number of halogens is 1. The van der Waals surface area contributed by atoms with Crippen LogP contribution in [0.1, 0.15) is 62.2 Å². The third-order valence-electron chi connectivity index (χ3n) is 5.92. The molecule has 1 aliphatic rings. The molecule has 1 aromatic carbocycles. The Bertz CT molecular complexity index is 982. The average Bonchev–Trinajstić information content (AvgIpc) is 3.04. The number of aromatic nitrogens is 1. The number of rotatable bonds is 4. The predicted octanol–water partition coefficient (Wildman–Crippen LogP) is 6.77. The van der Waals surface area contributed by atoms with Crippen LogP contribution >= 0.6 is 22.6 Å². The van der Waals surface area contributed by atoms with Gasteiger partial charge in [-0.05, 0) is 103 Å². The number of benzene rings is 1. The largest absolute Gasteiger partial charge is 0.347 e. The molecule has 2 nitrogen and oxygen atoms in total. The van der Waals surface area contributed by atoms with Gasteiger partial charge >= 0.3 is 0 Å². The molecule has 0 saturated heterocycles. The summed E-state index contributed by atoms with van der Waals surface area (Å²) in [5, 5.41) is 0. The quantitative estimate of drug-likeness (QED) is 0.437. The number of allylic oxidation sites excluding steroid dienone is 2. The maximum atomic E-state index is 5.05. The summed E-state index contributed by atoms with van der Waals surface area (Å²) >= 11 is 2.37. The molecule has 0 spiro atoms. The van der Waals surface area contributed by atoms with Crippen LogP contribution in [0.15, 0.2) is 46.1 Å². The maximum absolute atomic E-state index is 5.05. The summed E-state index contributed by atoms with van der Waals surface area (Å²) in [6.45, 7) is 13.3. The van der Waals surface area contributed by atoms with Gasteiger partial charge in [-0.15, -0.1) is 0 Å². The van der Waals surface area contributed by atoms with E-state index in [1.807, 2.05) is 0 Å². The van der Waals surface area contributed by atoms with E-state index in [1.165, 1.54) is 48.4 Å². The Morgan fingerprint density at radius 2 is 1.63 bits per heavy atom. The molecule has 0 N–H and O–H groups in total. The second kappa shape index (κ2) is 7.78. The molecule has 1 aromatic heterocycles. The molecule has 0 unspecified atom stereocenters. The first-order valence-electron chi connectivity index (χ1n) is 9.72. The zero-order chi connectivity index (χ0) is 19.9. The normalized spacial score (nSPS) is 16.2. The summed E-state index contributed by atoms with van der Waals surface area (Å²) in [6, 6.07) is 8.85. The zero-order valence-electron chi connectivity index (χ0n) is 17.5. The van der Waals surface area contributed by atoms with E-state index >= 15 is 0 Å². The minimum Gasteiger partial charge on any atom is -0.347 e. The van der Waals surface area contributed by atoms with Crippen LogP contribution in [-0.4, -0.2) is 10.3 Å². The molecule has 0 fully saturated rings. The van der Waals surface area contributed by atoms with Crippen LogP contribution in [0.25, 0.3) is 5.57 Å². The van der Waals surface area contributed by atoms with Crippen molar-refractivity contribution in [3.05, 3.63) is 72.8 Å². The topological polar surface area (TPSA) is 17.3 Å². The van der Waals surface area contributed by atoms with Crippen LogP contribution in [0.2, 0.25) is 0 Å². The van der Waals surface area contributed by atoms with Crippen molar-refractivity contribution in [1.82, 2.24) is 4.57 Å². The van der Waals surface area contributed by atoms with Gasteiger partial charge in [-0.25, -0.2) is 0 Å². The summed E-state index contributed by atoms with van der Waals surface area (Å²) in [5.41, 5.74) is 13.0. The molecule has 0 aliphatic carbocycles. The third-order valence-corrected chi connectivity index (χ3v) is 6.64. The van der Waals surface area contributed by atoms with E-state index in [0.717, 1.165) is 24.3 Å². The Labute approximate surface area is 177 Å². The summed E-state index contributed by atoms with van der Waals surface area (Å²) in [6.07, 6.45) is 2.08. The number of hydrogen-bond donors (Lipinski definition) is 0. The van der Waals surface area contributed by atoms with Gasteiger partial charge in [0.25, 0.3) is 0 Å². The zero-order valence-corrected chi connectivity index (χ0v) is 19.7. The molecule has 0 saturated carbocycles. The van der Waals surface area contributed by atoms with Crippen molar-refractivity contribution >= 4 is 33.9 Å². The Balaban J connectivity index is 2.41. The minimum absolute atomic E-state index is 1.02. The summed E-state index contributed by atoms with van der Waals surface area (Å²) in [7, 11) is 2.19. The van der Waals surface area contributed by atoms with Crippen molar-refractivity contribution in [2.24, 2.45) is 12.0 Å². The molecule has 0 amide bonds. The van der Waals surface area contributed by atoms with Crippen molar-refractivity contribution < 1.29 is 0 Å². The Hall–Kier alpha value is -1.62. The molecule has 3 rings (SSSR count). The van der Waals surface area contributed by atoms with Crippen molar-refractivity contribution in [3.8, 4) is 0 Å². The molecule has 3 heteroatoms. The molecule has 2 heterocycles. The molecule has 1 aliphatic heterocycles. The van der Waals surface area contributed by atoms with Crippen LogP contribution in [0.5, 0.6) is 0 Å². The highest BCUT2D eigenvalue weighted by molar-refractivity contribution is 14.1. The van der Waals surface area contributed by atoms with Gasteiger partial charge in [0, 0.05) is 27.6 Å². The molecular weight excluding hydrogens is 443 g/mol.